The number of hydrogen-bond donors (Lipinski definition) is 2. The average Bonchev–Trinajstić information content (AvgIpc) is 2.30. The summed E-state index contributed by atoms with van der Waals surface area (Å²) >= 11 is 6.84. The molecule has 1 aromatic rings. The van der Waals surface area contributed by atoms with Crippen molar-refractivity contribution >= 4 is 29.1 Å². The molecule has 88 valence electrons. The van der Waals surface area contributed by atoms with Gasteiger partial charge in [-0.05, 0) is 30.8 Å². The monoisotopic (exact) mass is 255 g/mol. The fraction of sp³-hybridized carbons (Fsp3) is 0.455. The summed E-state index contributed by atoms with van der Waals surface area (Å²) in [6, 6.07) is 4.06. The van der Waals surface area contributed by atoms with Gasteiger partial charge in [0.1, 0.15) is 0 Å². The molecular weight excluding hydrogens is 238 g/mol. The van der Waals surface area contributed by atoms with Crippen molar-refractivity contribution < 1.29 is 0 Å². The number of thiocarbonyl (C=S) groups is 1. The van der Waals surface area contributed by atoms with E-state index in [1.807, 2.05) is 31.1 Å². The molecule has 0 atom stereocenters. The molecule has 3 nitrogen and oxygen atoms in total. The van der Waals surface area contributed by atoms with Crippen LogP contribution in [0.3, 0.4) is 0 Å². The second-order valence-electron chi connectivity index (χ2n) is 3.33. The van der Waals surface area contributed by atoms with Gasteiger partial charge >= 0.3 is 0 Å². The molecule has 0 spiro atoms. The van der Waals surface area contributed by atoms with Crippen LogP contribution in [-0.4, -0.2) is 29.4 Å². The first-order valence-electron chi connectivity index (χ1n) is 5.18. The maximum absolute atomic E-state index is 4.98. The molecule has 5 heteroatoms. The summed E-state index contributed by atoms with van der Waals surface area (Å²) in [6.45, 7) is 2.98. The number of rotatable bonds is 5. The van der Waals surface area contributed by atoms with Gasteiger partial charge in [0.25, 0.3) is 0 Å². The van der Waals surface area contributed by atoms with E-state index in [0.717, 1.165) is 18.1 Å². The lowest BCUT2D eigenvalue weighted by molar-refractivity contribution is 0.942. The molecule has 0 bridgehead atoms. The SMILES string of the molecule is CNC(=S)NCCSCc1ncccc1C. The Hall–Kier alpha value is -0.810. The van der Waals surface area contributed by atoms with E-state index in [1.54, 1.807) is 0 Å². The zero-order valence-corrected chi connectivity index (χ0v) is 11.3. The van der Waals surface area contributed by atoms with Crippen LogP contribution < -0.4 is 10.6 Å². The Kier molecular flexibility index (Phi) is 6.18. The van der Waals surface area contributed by atoms with Gasteiger partial charge in [-0.1, -0.05) is 6.07 Å². The molecule has 0 aliphatic carbocycles. The highest BCUT2D eigenvalue weighted by molar-refractivity contribution is 7.98. The van der Waals surface area contributed by atoms with E-state index in [4.69, 9.17) is 12.2 Å². The second kappa shape index (κ2) is 7.46. The Labute approximate surface area is 106 Å². The topological polar surface area (TPSA) is 37.0 Å². The molecule has 1 aromatic heterocycles. The predicted octanol–water partition coefficient (Wildman–Crippen LogP) is 1.72. The van der Waals surface area contributed by atoms with Gasteiger partial charge in [0.15, 0.2) is 5.11 Å². The van der Waals surface area contributed by atoms with E-state index in [2.05, 4.69) is 28.6 Å². The molecule has 0 aliphatic rings. The van der Waals surface area contributed by atoms with Crippen molar-refractivity contribution in [1.29, 1.82) is 0 Å². The van der Waals surface area contributed by atoms with Crippen LogP contribution in [0, 0.1) is 6.92 Å². The van der Waals surface area contributed by atoms with Crippen LogP contribution in [0.15, 0.2) is 18.3 Å². The highest BCUT2D eigenvalue weighted by atomic mass is 32.2. The Bertz CT molecular complexity index is 342. The van der Waals surface area contributed by atoms with Crippen molar-refractivity contribution in [3.05, 3.63) is 29.6 Å². The Morgan fingerprint density at radius 3 is 3.06 bits per heavy atom. The Morgan fingerprint density at radius 2 is 2.38 bits per heavy atom. The molecular formula is C11H17N3S2. The molecule has 0 fully saturated rings. The maximum atomic E-state index is 4.98. The fourth-order valence-corrected chi connectivity index (χ4v) is 2.15. The highest BCUT2D eigenvalue weighted by Crippen LogP contribution is 2.12. The van der Waals surface area contributed by atoms with Crippen LogP contribution in [0.1, 0.15) is 11.3 Å². The summed E-state index contributed by atoms with van der Waals surface area (Å²) in [6.07, 6.45) is 1.84. The van der Waals surface area contributed by atoms with Crippen molar-refractivity contribution in [3.63, 3.8) is 0 Å². The molecule has 0 aliphatic heterocycles. The molecule has 0 saturated carbocycles. The average molecular weight is 255 g/mol. The van der Waals surface area contributed by atoms with E-state index in [1.165, 1.54) is 11.3 Å². The minimum Gasteiger partial charge on any atom is -0.366 e. The second-order valence-corrected chi connectivity index (χ2v) is 4.84. The van der Waals surface area contributed by atoms with E-state index in [-0.39, 0.29) is 0 Å². The summed E-state index contributed by atoms with van der Waals surface area (Å²) < 4.78 is 0. The lowest BCUT2D eigenvalue weighted by atomic mass is 10.2. The zero-order chi connectivity index (χ0) is 11.8. The van der Waals surface area contributed by atoms with E-state index in [0.29, 0.717) is 5.11 Å². The largest absolute Gasteiger partial charge is 0.366 e. The molecule has 2 N–H and O–H groups in total. The van der Waals surface area contributed by atoms with Gasteiger partial charge in [0.2, 0.25) is 0 Å². The van der Waals surface area contributed by atoms with Gasteiger partial charge in [-0.15, -0.1) is 0 Å². The van der Waals surface area contributed by atoms with E-state index >= 15 is 0 Å². The summed E-state index contributed by atoms with van der Waals surface area (Å²) in [5.74, 6) is 1.98. The number of aromatic nitrogens is 1. The van der Waals surface area contributed by atoms with Crippen LogP contribution in [0.5, 0.6) is 0 Å². The Balaban J connectivity index is 2.17. The van der Waals surface area contributed by atoms with Gasteiger partial charge in [0.05, 0.1) is 5.69 Å². The molecule has 1 heterocycles. The third-order valence-electron chi connectivity index (χ3n) is 2.12. The van der Waals surface area contributed by atoms with Crippen molar-refractivity contribution in [1.82, 2.24) is 15.6 Å². The number of aryl methyl sites for hydroxylation is 1. The number of thioether (sulfide) groups is 1. The van der Waals surface area contributed by atoms with Crippen LogP contribution in [0.4, 0.5) is 0 Å². The number of pyridine rings is 1. The molecule has 16 heavy (non-hydrogen) atoms. The number of hydrogen-bond acceptors (Lipinski definition) is 3. The third kappa shape index (κ3) is 4.81. The lowest BCUT2D eigenvalue weighted by Crippen LogP contribution is -2.33. The molecule has 0 aromatic carbocycles. The van der Waals surface area contributed by atoms with Crippen molar-refractivity contribution in [2.45, 2.75) is 12.7 Å². The smallest absolute Gasteiger partial charge is 0.166 e. The number of nitrogens with one attached hydrogen (secondary N) is 2. The quantitative estimate of drug-likeness (QED) is 0.619. The van der Waals surface area contributed by atoms with E-state index < -0.39 is 0 Å². The van der Waals surface area contributed by atoms with Gasteiger partial charge in [-0.25, -0.2) is 0 Å². The van der Waals surface area contributed by atoms with Crippen molar-refractivity contribution in [2.24, 2.45) is 0 Å². The third-order valence-corrected chi connectivity index (χ3v) is 3.43. The molecule has 0 saturated heterocycles. The van der Waals surface area contributed by atoms with Gasteiger partial charge in [-0.2, -0.15) is 11.8 Å². The summed E-state index contributed by atoms with van der Waals surface area (Å²) in [7, 11) is 1.82. The van der Waals surface area contributed by atoms with Crippen LogP contribution >= 0.6 is 24.0 Å². The number of nitrogens with zero attached hydrogens (tertiary/aromatic N) is 1. The standard InChI is InChI=1S/C11H17N3S2/c1-9-4-3-5-13-10(9)8-16-7-6-14-11(15)12-2/h3-5H,6-8H2,1-2H3,(H2,12,14,15). The molecule has 1 rings (SSSR count). The van der Waals surface area contributed by atoms with Crippen LogP contribution in [-0.2, 0) is 5.75 Å². The van der Waals surface area contributed by atoms with Gasteiger partial charge in [0, 0.05) is 31.3 Å². The van der Waals surface area contributed by atoms with Gasteiger partial charge in [-0.3, -0.25) is 4.98 Å². The summed E-state index contributed by atoms with van der Waals surface area (Å²) in [5, 5.41) is 6.70. The molecule has 0 radical (unpaired) electrons. The lowest BCUT2D eigenvalue weighted by Gasteiger charge is -2.07. The Morgan fingerprint density at radius 1 is 1.56 bits per heavy atom. The zero-order valence-electron chi connectivity index (χ0n) is 9.62. The minimum atomic E-state index is 0.703. The van der Waals surface area contributed by atoms with Gasteiger partial charge < -0.3 is 10.6 Å². The molecule has 0 amide bonds. The summed E-state index contributed by atoms with van der Waals surface area (Å²) in [5.41, 5.74) is 2.43. The predicted molar refractivity (Wildman–Crippen MR) is 74.8 cm³/mol. The van der Waals surface area contributed by atoms with Crippen LogP contribution in [0.25, 0.3) is 0 Å². The van der Waals surface area contributed by atoms with Crippen LogP contribution in [0.2, 0.25) is 0 Å². The van der Waals surface area contributed by atoms with E-state index in [9.17, 15) is 0 Å². The van der Waals surface area contributed by atoms with Crippen molar-refractivity contribution in [2.75, 3.05) is 19.3 Å². The maximum Gasteiger partial charge on any atom is 0.166 e. The fourth-order valence-electron chi connectivity index (χ4n) is 1.16. The molecule has 0 unspecified atom stereocenters. The first-order chi connectivity index (χ1) is 7.74. The first-order valence-corrected chi connectivity index (χ1v) is 6.74. The van der Waals surface area contributed by atoms with Crippen molar-refractivity contribution in [3.8, 4) is 0 Å². The highest BCUT2D eigenvalue weighted by Gasteiger charge is 1.98. The normalized spacial score (nSPS) is 9.88. The summed E-state index contributed by atoms with van der Waals surface area (Å²) in [4.78, 5) is 4.35. The minimum absolute atomic E-state index is 0.703. The first kappa shape index (κ1) is 13.3.